The molecule has 1 aromatic carbocycles. The number of ether oxygens (including phenoxy) is 1. The van der Waals surface area contributed by atoms with E-state index in [0.29, 0.717) is 17.0 Å². The van der Waals surface area contributed by atoms with E-state index in [2.05, 4.69) is 24.1 Å². The van der Waals surface area contributed by atoms with Crippen molar-refractivity contribution in [3.63, 3.8) is 0 Å². The lowest BCUT2D eigenvalue weighted by molar-refractivity contribution is -0.112. The standard InChI is InChI=1S/C17H24N2O3/c1-4-9-19(10-5-2)11-8-12-6-7-13(22-3)15-14(12)16(20)17(21)18-15/h6-7H,4-5,8-11H2,1-3H3,(H,18,20,21). The molecule has 2 rings (SSSR count). The molecule has 0 fully saturated rings. The maximum atomic E-state index is 12.1. The number of hydrogen-bond donors (Lipinski definition) is 1. The molecule has 0 radical (unpaired) electrons. The lowest BCUT2D eigenvalue weighted by Gasteiger charge is -2.21. The summed E-state index contributed by atoms with van der Waals surface area (Å²) in [7, 11) is 1.54. The van der Waals surface area contributed by atoms with Gasteiger partial charge in [0.05, 0.1) is 18.4 Å². The van der Waals surface area contributed by atoms with Crippen LogP contribution >= 0.6 is 0 Å². The van der Waals surface area contributed by atoms with Gasteiger partial charge in [0.2, 0.25) is 0 Å². The third-order valence-corrected chi connectivity index (χ3v) is 3.92. The highest BCUT2D eigenvalue weighted by Crippen LogP contribution is 2.35. The van der Waals surface area contributed by atoms with Gasteiger partial charge in [0, 0.05) is 6.54 Å². The molecule has 0 saturated carbocycles. The maximum absolute atomic E-state index is 12.1. The largest absolute Gasteiger partial charge is 0.495 e. The van der Waals surface area contributed by atoms with Crippen molar-refractivity contribution in [3.8, 4) is 5.75 Å². The van der Waals surface area contributed by atoms with E-state index >= 15 is 0 Å². The van der Waals surface area contributed by atoms with Crippen molar-refractivity contribution >= 4 is 17.4 Å². The van der Waals surface area contributed by atoms with Crippen LogP contribution in [0.4, 0.5) is 5.69 Å². The van der Waals surface area contributed by atoms with E-state index in [9.17, 15) is 9.59 Å². The van der Waals surface area contributed by atoms with Crippen LogP contribution in [0.1, 0.15) is 42.6 Å². The molecule has 5 nitrogen and oxygen atoms in total. The van der Waals surface area contributed by atoms with Crippen LogP contribution in [0.2, 0.25) is 0 Å². The SMILES string of the molecule is CCCN(CCC)CCc1ccc(OC)c2c1C(=O)C(=O)N2. The van der Waals surface area contributed by atoms with Crippen LogP contribution < -0.4 is 10.1 Å². The fourth-order valence-corrected chi connectivity index (χ4v) is 2.92. The van der Waals surface area contributed by atoms with Crippen molar-refractivity contribution in [1.82, 2.24) is 4.90 Å². The Morgan fingerprint density at radius 3 is 2.36 bits per heavy atom. The van der Waals surface area contributed by atoms with Gasteiger partial charge in [-0.2, -0.15) is 0 Å². The zero-order valence-corrected chi connectivity index (χ0v) is 13.6. The molecule has 0 saturated heterocycles. The van der Waals surface area contributed by atoms with Crippen molar-refractivity contribution in [3.05, 3.63) is 23.3 Å². The van der Waals surface area contributed by atoms with Gasteiger partial charge < -0.3 is 15.0 Å². The number of rotatable bonds is 8. The van der Waals surface area contributed by atoms with Gasteiger partial charge in [-0.1, -0.05) is 19.9 Å². The zero-order chi connectivity index (χ0) is 16.1. The highest BCUT2D eigenvalue weighted by atomic mass is 16.5. The number of amides is 1. The highest BCUT2D eigenvalue weighted by molar-refractivity contribution is 6.52. The number of methoxy groups -OCH3 is 1. The molecule has 22 heavy (non-hydrogen) atoms. The average Bonchev–Trinajstić information content (AvgIpc) is 2.81. The summed E-state index contributed by atoms with van der Waals surface area (Å²) in [6.07, 6.45) is 2.98. The molecule has 0 aromatic heterocycles. The Morgan fingerprint density at radius 2 is 1.77 bits per heavy atom. The van der Waals surface area contributed by atoms with Gasteiger partial charge in [0.1, 0.15) is 5.75 Å². The molecule has 1 aromatic rings. The van der Waals surface area contributed by atoms with E-state index in [4.69, 9.17) is 4.74 Å². The Hall–Kier alpha value is -1.88. The minimum Gasteiger partial charge on any atom is -0.495 e. The number of nitrogens with zero attached hydrogens (tertiary/aromatic N) is 1. The summed E-state index contributed by atoms with van der Waals surface area (Å²) in [6, 6.07) is 3.71. The Labute approximate surface area is 131 Å². The summed E-state index contributed by atoms with van der Waals surface area (Å²) in [5, 5.41) is 2.62. The normalized spacial score (nSPS) is 13.5. The van der Waals surface area contributed by atoms with Crippen LogP contribution in [-0.4, -0.2) is 43.3 Å². The van der Waals surface area contributed by atoms with Crippen LogP contribution in [0.3, 0.4) is 0 Å². The minimum atomic E-state index is -0.570. The fourth-order valence-electron chi connectivity index (χ4n) is 2.92. The summed E-state index contributed by atoms with van der Waals surface area (Å²) in [5.41, 5.74) is 1.92. The molecule has 1 N–H and O–H groups in total. The predicted molar refractivity (Wildman–Crippen MR) is 86.7 cm³/mol. The smallest absolute Gasteiger partial charge is 0.296 e. The zero-order valence-electron chi connectivity index (χ0n) is 13.6. The van der Waals surface area contributed by atoms with Gasteiger partial charge in [0.15, 0.2) is 0 Å². The molecule has 1 aliphatic heterocycles. The van der Waals surface area contributed by atoms with Gasteiger partial charge in [0.25, 0.3) is 11.7 Å². The minimum absolute atomic E-state index is 0.457. The topological polar surface area (TPSA) is 58.6 Å². The summed E-state index contributed by atoms with van der Waals surface area (Å²) in [4.78, 5) is 26.2. The van der Waals surface area contributed by atoms with Gasteiger partial charge >= 0.3 is 0 Å². The second-order valence-electron chi connectivity index (χ2n) is 5.55. The van der Waals surface area contributed by atoms with Crippen LogP contribution in [0.15, 0.2) is 12.1 Å². The van der Waals surface area contributed by atoms with E-state index in [1.165, 1.54) is 7.11 Å². The van der Waals surface area contributed by atoms with E-state index in [1.54, 1.807) is 0 Å². The van der Waals surface area contributed by atoms with Crippen molar-refractivity contribution in [2.24, 2.45) is 0 Å². The van der Waals surface area contributed by atoms with Gasteiger partial charge in [-0.3, -0.25) is 9.59 Å². The first-order valence-electron chi connectivity index (χ1n) is 7.90. The van der Waals surface area contributed by atoms with Gasteiger partial charge in [-0.25, -0.2) is 0 Å². The number of ketones is 1. The number of carbonyl (C=O) groups is 2. The first-order valence-corrected chi connectivity index (χ1v) is 7.90. The fraction of sp³-hybridized carbons (Fsp3) is 0.529. The van der Waals surface area contributed by atoms with Crippen molar-refractivity contribution < 1.29 is 14.3 Å². The lowest BCUT2D eigenvalue weighted by Crippen LogP contribution is -2.28. The third kappa shape index (κ3) is 3.30. The van der Waals surface area contributed by atoms with E-state index < -0.39 is 11.7 Å². The van der Waals surface area contributed by atoms with Gasteiger partial charge in [-0.05, 0) is 44.0 Å². The molecule has 0 atom stereocenters. The summed E-state index contributed by atoms with van der Waals surface area (Å²) >= 11 is 0. The number of nitrogens with one attached hydrogen (secondary N) is 1. The number of Topliss-reactive ketones (excluding diaryl/α,β-unsaturated/α-hetero) is 1. The Morgan fingerprint density at radius 1 is 1.09 bits per heavy atom. The first kappa shape index (κ1) is 16.5. The average molecular weight is 304 g/mol. The Kier molecular flexibility index (Phi) is 5.55. The molecule has 1 aliphatic rings. The molecule has 5 heteroatoms. The molecule has 1 amide bonds. The number of carbonyl (C=O) groups excluding carboxylic acids is 2. The molecule has 0 spiro atoms. The van der Waals surface area contributed by atoms with Crippen LogP contribution in [0.25, 0.3) is 0 Å². The second-order valence-corrected chi connectivity index (χ2v) is 5.55. The summed E-state index contributed by atoms with van der Waals surface area (Å²) < 4.78 is 5.23. The summed E-state index contributed by atoms with van der Waals surface area (Å²) in [5.74, 6) is -0.488. The Bertz CT molecular complexity index is 563. The number of hydrogen-bond acceptors (Lipinski definition) is 4. The lowest BCUT2D eigenvalue weighted by atomic mass is 10.00. The van der Waals surface area contributed by atoms with E-state index in [-0.39, 0.29) is 0 Å². The van der Waals surface area contributed by atoms with Crippen LogP contribution in [0.5, 0.6) is 5.75 Å². The van der Waals surface area contributed by atoms with E-state index in [0.717, 1.165) is 44.5 Å². The molecule has 0 aliphatic carbocycles. The first-order chi connectivity index (χ1) is 10.6. The second kappa shape index (κ2) is 7.40. The third-order valence-electron chi connectivity index (χ3n) is 3.92. The number of benzene rings is 1. The monoisotopic (exact) mass is 304 g/mol. The molecule has 0 unspecified atom stereocenters. The quantitative estimate of drug-likeness (QED) is 0.750. The number of fused-ring (bicyclic) bond motifs is 1. The maximum Gasteiger partial charge on any atom is 0.296 e. The summed E-state index contributed by atoms with van der Waals surface area (Å²) in [6.45, 7) is 7.33. The van der Waals surface area contributed by atoms with Crippen LogP contribution in [-0.2, 0) is 11.2 Å². The van der Waals surface area contributed by atoms with Crippen LogP contribution in [0, 0.1) is 0 Å². The molecular formula is C17H24N2O3. The predicted octanol–water partition coefficient (Wildman–Crippen LogP) is 2.49. The molecule has 0 bridgehead atoms. The molecule has 120 valence electrons. The molecule has 1 heterocycles. The van der Waals surface area contributed by atoms with Gasteiger partial charge in [-0.15, -0.1) is 0 Å². The molecular weight excluding hydrogens is 280 g/mol. The number of anilines is 1. The Balaban J connectivity index is 2.20. The van der Waals surface area contributed by atoms with E-state index in [1.807, 2.05) is 12.1 Å². The van der Waals surface area contributed by atoms with Crippen molar-refractivity contribution in [2.75, 3.05) is 32.1 Å². The van der Waals surface area contributed by atoms with Crippen molar-refractivity contribution in [2.45, 2.75) is 33.1 Å². The highest BCUT2D eigenvalue weighted by Gasteiger charge is 2.33. The van der Waals surface area contributed by atoms with Crippen molar-refractivity contribution in [1.29, 1.82) is 0 Å².